The average Bonchev–Trinajstić information content (AvgIpc) is 3.15. The molecule has 3 fully saturated rings. The van der Waals surface area contributed by atoms with Gasteiger partial charge in [0, 0.05) is 19.1 Å². The van der Waals surface area contributed by atoms with Crippen molar-refractivity contribution in [3.05, 3.63) is 0 Å². The maximum atomic E-state index is 11.6. The van der Waals surface area contributed by atoms with E-state index in [4.69, 9.17) is 4.99 Å². The Hall–Kier alpha value is -0.0500. The topological polar surface area (TPSA) is 70.6 Å². The van der Waals surface area contributed by atoms with Crippen LogP contribution < -0.4 is 10.6 Å². The molecule has 5 nitrogen and oxygen atoms in total. The van der Waals surface area contributed by atoms with Crippen molar-refractivity contribution >= 4 is 39.8 Å². The summed E-state index contributed by atoms with van der Waals surface area (Å²) in [7, 11) is -2.81. The molecular weight excluding hydrogens is 449 g/mol. The van der Waals surface area contributed by atoms with Gasteiger partial charge in [0.2, 0.25) is 0 Å². The lowest BCUT2D eigenvalue weighted by Crippen LogP contribution is -2.46. The molecule has 0 aromatic carbocycles. The van der Waals surface area contributed by atoms with Crippen LogP contribution in [0.15, 0.2) is 4.99 Å². The minimum absolute atomic E-state index is 0. The van der Waals surface area contributed by atoms with Gasteiger partial charge in [-0.1, -0.05) is 26.2 Å². The first-order valence-electron chi connectivity index (χ1n) is 9.81. The molecule has 2 saturated carbocycles. The smallest absolute Gasteiger partial charge is 0.191 e. The summed E-state index contributed by atoms with van der Waals surface area (Å²) in [4.78, 5) is 4.72. The van der Waals surface area contributed by atoms with Crippen LogP contribution in [-0.2, 0) is 9.84 Å². The molecule has 146 valence electrons. The van der Waals surface area contributed by atoms with Crippen molar-refractivity contribution in [2.45, 2.75) is 64.3 Å². The van der Waals surface area contributed by atoms with Crippen LogP contribution in [0.1, 0.15) is 58.3 Å². The van der Waals surface area contributed by atoms with Crippen LogP contribution in [0, 0.1) is 17.8 Å². The largest absolute Gasteiger partial charge is 0.356 e. The number of hydrogen-bond acceptors (Lipinski definition) is 3. The number of hydrogen-bond donors (Lipinski definition) is 2. The van der Waals surface area contributed by atoms with Gasteiger partial charge >= 0.3 is 0 Å². The molecule has 25 heavy (non-hydrogen) atoms. The second-order valence-electron chi connectivity index (χ2n) is 7.99. The number of guanidine groups is 1. The van der Waals surface area contributed by atoms with Crippen molar-refractivity contribution in [3.8, 4) is 0 Å². The van der Waals surface area contributed by atoms with E-state index in [2.05, 4.69) is 17.6 Å². The zero-order chi connectivity index (χ0) is 17.0. The Balaban J connectivity index is 0.00000225. The molecule has 3 rings (SSSR count). The lowest BCUT2D eigenvalue weighted by molar-refractivity contribution is 0.239. The molecule has 0 spiro atoms. The zero-order valence-corrected chi connectivity index (χ0v) is 18.5. The van der Waals surface area contributed by atoms with Crippen LogP contribution in [0.3, 0.4) is 0 Å². The zero-order valence-electron chi connectivity index (χ0n) is 15.4. The summed E-state index contributed by atoms with van der Waals surface area (Å²) in [5.41, 5.74) is 0. The van der Waals surface area contributed by atoms with Crippen LogP contribution in [0.4, 0.5) is 0 Å². The molecule has 0 radical (unpaired) electrons. The van der Waals surface area contributed by atoms with Crippen LogP contribution >= 0.6 is 24.0 Å². The number of nitrogens with zero attached hydrogens (tertiary/aromatic N) is 1. The molecule has 0 bridgehead atoms. The number of fused-ring (bicyclic) bond motifs is 1. The van der Waals surface area contributed by atoms with Crippen molar-refractivity contribution in [3.63, 3.8) is 0 Å². The van der Waals surface area contributed by atoms with Crippen LogP contribution in [0.2, 0.25) is 0 Å². The number of halogens is 1. The molecular formula is C18H34IN3O2S. The molecule has 0 aromatic rings. The molecule has 2 N–H and O–H groups in total. The first kappa shape index (κ1) is 21.3. The highest BCUT2D eigenvalue weighted by Gasteiger charge is 2.34. The Labute approximate surface area is 170 Å². The van der Waals surface area contributed by atoms with Crippen molar-refractivity contribution < 1.29 is 8.42 Å². The van der Waals surface area contributed by atoms with Gasteiger partial charge in [-0.25, -0.2) is 8.42 Å². The molecule has 3 aliphatic rings. The van der Waals surface area contributed by atoms with Gasteiger partial charge < -0.3 is 10.6 Å². The predicted molar refractivity (Wildman–Crippen MR) is 114 cm³/mol. The maximum absolute atomic E-state index is 11.6. The molecule has 1 aliphatic heterocycles. The van der Waals surface area contributed by atoms with Gasteiger partial charge in [0.05, 0.1) is 11.5 Å². The normalized spacial score (nSPS) is 34.2. The third kappa shape index (κ3) is 6.26. The fourth-order valence-corrected chi connectivity index (χ4v) is 6.51. The van der Waals surface area contributed by atoms with E-state index in [1.54, 1.807) is 0 Å². The second kappa shape index (κ2) is 9.76. The highest BCUT2D eigenvalue weighted by molar-refractivity contribution is 14.0. The molecule has 0 amide bonds. The standard InChI is InChI=1S/C18H33N3O2S.HI/c1-2-9-19-18(20-12-14-8-10-24(22,23)13-14)21-17-7-6-15-4-3-5-16(15)11-17;/h14-17H,2-13H2,1H3,(H2,19,20,21);1H. The minimum atomic E-state index is -2.81. The highest BCUT2D eigenvalue weighted by atomic mass is 127. The lowest BCUT2D eigenvalue weighted by Gasteiger charge is -2.33. The molecule has 4 atom stereocenters. The van der Waals surface area contributed by atoms with E-state index in [-0.39, 0.29) is 29.9 Å². The molecule has 7 heteroatoms. The van der Waals surface area contributed by atoms with Gasteiger partial charge in [0.25, 0.3) is 0 Å². The molecule has 0 aromatic heterocycles. The third-order valence-corrected chi connectivity index (χ3v) is 7.84. The summed E-state index contributed by atoms with van der Waals surface area (Å²) in [6.07, 6.45) is 9.94. The molecule has 1 saturated heterocycles. The quantitative estimate of drug-likeness (QED) is 0.359. The Bertz CT molecular complexity index is 553. The summed E-state index contributed by atoms with van der Waals surface area (Å²) >= 11 is 0. The molecule has 4 unspecified atom stereocenters. The fourth-order valence-electron chi connectivity index (χ4n) is 4.66. The van der Waals surface area contributed by atoms with E-state index in [1.165, 1.54) is 38.5 Å². The van der Waals surface area contributed by atoms with Gasteiger partial charge in [-0.2, -0.15) is 0 Å². The monoisotopic (exact) mass is 483 g/mol. The Morgan fingerprint density at radius 1 is 1.12 bits per heavy atom. The lowest BCUT2D eigenvalue weighted by atomic mass is 9.79. The number of sulfone groups is 1. The highest BCUT2D eigenvalue weighted by Crippen LogP contribution is 2.42. The SMILES string of the molecule is CCCNC(=NCC1CCS(=O)(=O)C1)NC1CCC2CCCC2C1.I. The van der Waals surface area contributed by atoms with Crippen molar-refractivity contribution in [2.75, 3.05) is 24.6 Å². The molecule has 1 heterocycles. The summed E-state index contributed by atoms with van der Waals surface area (Å²) in [5.74, 6) is 3.61. The number of rotatable bonds is 5. The van der Waals surface area contributed by atoms with Gasteiger partial charge in [-0.3, -0.25) is 4.99 Å². The minimum Gasteiger partial charge on any atom is -0.356 e. The second-order valence-corrected chi connectivity index (χ2v) is 10.2. The van der Waals surface area contributed by atoms with Crippen molar-refractivity contribution in [2.24, 2.45) is 22.7 Å². The van der Waals surface area contributed by atoms with Crippen molar-refractivity contribution in [1.29, 1.82) is 0 Å². The van der Waals surface area contributed by atoms with E-state index < -0.39 is 9.84 Å². The first-order valence-corrected chi connectivity index (χ1v) is 11.6. The van der Waals surface area contributed by atoms with E-state index in [9.17, 15) is 8.42 Å². The van der Waals surface area contributed by atoms with E-state index >= 15 is 0 Å². The van der Waals surface area contributed by atoms with Crippen LogP contribution in [-0.4, -0.2) is 45.0 Å². The van der Waals surface area contributed by atoms with Gasteiger partial charge in [0.1, 0.15) is 0 Å². The number of aliphatic imine (C=N–C) groups is 1. The Morgan fingerprint density at radius 3 is 2.64 bits per heavy atom. The maximum Gasteiger partial charge on any atom is 0.191 e. The summed E-state index contributed by atoms with van der Waals surface area (Å²) in [5, 5.41) is 7.05. The molecule has 2 aliphatic carbocycles. The first-order chi connectivity index (χ1) is 11.6. The summed E-state index contributed by atoms with van der Waals surface area (Å²) < 4.78 is 23.2. The Morgan fingerprint density at radius 2 is 1.92 bits per heavy atom. The van der Waals surface area contributed by atoms with Gasteiger partial charge in [-0.15, -0.1) is 24.0 Å². The fraction of sp³-hybridized carbons (Fsp3) is 0.944. The van der Waals surface area contributed by atoms with Crippen LogP contribution in [0.5, 0.6) is 0 Å². The van der Waals surface area contributed by atoms with E-state index in [0.29, 0.717) is 24.1 Å². The third-order valence-electron chi connectivity index (χ3n) is 6.01. The Kier molecular flexibility index (Phi) is 8.30. The van der Waals surface area contributed by atoms with Crippen LogP contribution in [0.25, 0.3) is 0 Å². The number of nitrogens with one attached hydrogen (secondary N) is 2. The summed E-state index contributed by atoms with van der Waals surface area (Å²) in [6, 6.07) is 0.528. The average molecular weight is 483 g/mol. The van der Waals surface area contributed by atoms with E-state index in [0.717, 1.165) is 37.2 Å². The van der Waals surface area contributed by atoms with Gasteiger partial charge in [0.15, 0.2) is 15.8 Å². The predicted octanol–water partition coefficient (Wildman–Crippen LogP) is 2.95. The van der Waals surface area contributed by atoms with Gasteiger partial charge in [-0.05, 0) is 49.9 Å². The van der Waals surface area contributed by atoms with Crippen molar-refractivity contribution in [1.82, 2.24) is 10.6 Å². The summed E-state index contributed by atoms with van der Waals surface area (Å²) in [6.45, 7) is 3.68. The van der Waals surface area contributed by atoms with E-state index in [1.807, 2.05) is 0 Å².